The van der Waals surface area contributed by atoms with E-state index >= 15 is 0 Å². The largest absolute Gasteiger partial charge is 0.324 e. The first-order valence-corrected chi connectivity index (χ1v) is 14.3. The summed E-state index contributed by atoms with van der Waals surface area (Å²) in [4.78, 5) is 29.1. The molecular weight excluding hydrogens is 516 g/mol. The van der Waals surface area contributed by atoms with E-state index < -0.39 is 0 Å². The molecule has 1 amide bonds. The first-order valence-electron chi connectivity index (χ1n) is 14.3. The number of nitrogens with zero attached hydrogens (tertiary/aromatic N) is 1. The molecule has 1 aliphatic heterocycles. The Hall–Kier alpha value is -5.06. The lowest BCUT2D eigenvalue weighted by Crippen LogP contribution is -2.32. The number of fused-ring (bicyclic) bond motifs is 7. The zero-order chi connectivity index (χ0) is 28.6. The van der Waals surface area contributed by atoms with Crippen molar-refractivity contribution < 1.29 is 9.59 Å². The molecule has 0 atom stereocenters. The SMILES string of the molecule is Cc1ccc(NC(=O)CN2Cc3ccc4ccccc4c3-c3c(ccc4ccccc34)C2)c(C(=O)c2ccccc2)c1. The van der Waals surface area contributed by atoms with Gasteiger partial charge >= 0.3 is 0 Å². The molecule has 0 aliphatic carbocycles. The van der Waals surface area contributed by atoms with Crippen LogP contribution in [0.5, 0.6) is 0 Å². The third-order valence-electron chi connectivity index (χ3n) is 8.17. The minimum absolute atomic E-state index is 0.106. The standard InChI is InChI=1S/C38H30N2O2/c1-25-15-20-34(33(21-25)38(42)28-11-3-2-4-12-28)39-35(41)24-40-22-29-18-16-26-9-5-7-13-31(26)36(29)37-30(23-40)19-17-27-10-6-8-14-32(27)37/h2-21H,22-24H2,1H3,(H,39,41). The number of anilines is 1. The molecule has 1 N–H and O–H groups in total. The van der Waals surface area contributed by atoms with Gasteiger partial charge in [0.2, 0.25) is 5.91 Å². The Bertz CT molecular complexity index is 1910. The molecule has 6 aromatic rings. The van der Waals surface area contributed by atoms with Gasteiger partial charge in [0.15, 0.2) is 5.78 Å². The van der Waals surface area contributed by atoms with Gasteiger partial charge in [0.25, 0.3) is 0 Å². The van der Waals surface area contributed by atoms with E-state index in [-0.39, 0.29) is 18.2 Å². The van der Waals surface area contributed by atoms with Crippen LogP contribution in [0.4, 0.5) is 5.69 Å². The van der Waals surface area contributed by atoms with Crippen molar-refractivity contribution in [2.45, 2.75) is 20.0 Å². The van der Waals surface area contributed by atoms with E-state index in [1.54, 1.807) is 12.1 Å². The van der Waals surface area contributed by atoms with Crippen LogP contribution in [0.15, 0.2) is 121 Å². The number of benzene rings is 6. The van der Waals surface area contributed by atoms with E-state index in [9.17, 15) is 9.59 Å². The molecule has 0 unspecified atom stereocenters. The Morgan fingerprint density at radius 3 is 1.86 bits per heavy atom. The van der Waals surface area contributed by atoms with Crippen molar-refractivity contribution in [3.8, 4) is 11.1 Å². The third-order valence-corrected chi connectivity index (χ3v) is 8.17. The Balaban J connectivity index is 1.24. The maximum atomic E-state index is 13.6. The van der Waals surface area contributed by atoms with Gasteiger partial charge in [0.1, 0.15) is 0 Å². The van der Waals surface area contributed by atoms with Crippen molar-refractivity contribution in [1.29, 1.82) is 0 Å². The Morgan fingerprint density at radius 1 is 0.667 bits per heavy atom. The zero-order valence-electron chi connectivity index (χ0n) is 23.4. The van der Waals surface area contributed by atoms with Gasteiger partial charge in [-0.25, -0.2) is 0 Å². The molecule has 0 spiro atoms. The topological polar surface area (TPSA) is 49.4 Å². The summed E-state index contributed by atoms with van der Waals surface area (Å²) in [6, 6.07) is 40.6. The second-order valence-electron chi connectivity index (χ2n) is 11.1. The van der Waals surface area contributed by atoms with Crippen molar-refractivity contribution in [3.05, 3.63) is 149 Å². The number of aryl methyl sites for hydroxylation is 1. The lowest BCUT2D eigenvalue weighted by molar-refractivity contribution is -0.117. The fourth-order valence-corrected chi connectivity index (χ4v) is 6.23. The summed E-state index contributed by atoms with van der Waals surface area (Å²) in [5.41, 5.74) is 7.49. The van der Waals surface area contributed by atoms with E-state index in [2.05, 4.69) is 83.0 Å². The molecule has 204 valence electrons. The first kappa shape index (κ1) is 25.9. The number of carbonyl (C=O) groups excluding carboxylic acids is 2. The normalized spacial score (nSPS) is 12.9. The fourth-order valence-electron chi connectivity index (χ4n) is 6.23. The van der Waals surface area contributed by atoms with Crippen LogP contribution in [0.3, 0.4) is 0 Å². The number of carbonyl (C=O) groups is 2. The fraction of sp³-hybridized carbons (Fsp3) is 0.105. The number of hydrogen-bond acceptors (Lipinski definition) is 3. The molecule has 4 nitrogen and oxygen atoms in total. The molecule has 7 rings (SSSR count). The Kier molecular flexibility index (Phi) is 6.61. The predicted octanol–water partition coefficient (Wildman–Crippen LogP) is 8.15. The second kappa shape index (κ2) is 10.7. The quantitative estimate of drug-likeness (QED) is 0.222. The van der Waals surface area contributed by atoms with Gasteiger partial charge in [0.05, 0.1) is 12.2 Å². The summed E-state index contributed by atoms with van der Waals surface area (Å²) in [5, 5.41) is 7.92. The number of hydrogen-bond donors (Lipinski definition) is 1. The van der Waals surface area contributed by atoms with Crippen molar-refractivity contribution in [3.63, 3.8) is 0 Å². The maximum absolute atomic E-state index is 13.6. The summed E-state index contributed by atoms with van der Waals surface area (Å²) in [6.07, 6.45) is 0. The van der Waals surface area contributed by atoms with E-state index in [1.807, 2.05) is 43.3 Å². The van der Waals surface area contributed by atoms with Crippen LogP contribution in [0, 0.1) is 6.92 Å². The number of ketones is 1. The molecule has 0 bridgehead atoms. The van der Waals surface area contributed by atoms with Crippen molar-refractivity contribution in [2.24, 2.45) is 0 Å². The smallest absolute Gasteiger partial charge is 0.238 e. The number of amides is 1. The van der Waals surface area contributed by atoms with Gasteiger partial charge in [-0.15, -0.1) is 0 Å². The van der Waals surface area contributed by atoms with E-state index in [0.717, 1.165) is 5.56 Å². The molecule has 0 aromatic heterocycles. The minimum Gasteiger partial charge on any atom is -0.324 e. The summed E-state index contributed by atoms with van der Waals surface area (Å²) < 4.78 is 0. The van der Waals surface area contributed by atoms with Crippen LogP contribution in [0.1, 0.15) is 32.6 Å². The molecule has 6 aromatic carbocycles. The van der Waals surface area contributed by atoms with Crippen LogP contribution in [0.2, 0.25) is 0 Å². The monoisotopic (exact) mass is 546 g/mol. The van der Waals surface area contributed by atoms with Gasteiger partial charge in [-0.2, -0.15) is 0 Å². The second-order valence-corrected chi connectivity index (χ2v) is 11.1. The van der Waals surface area contributed by atoms with Gasteiger partial charge in [-0.1, -0.05) is 115 Å². The molecule has 42 heavy (non-hydrogen) atoms. The van der Waals surface area contributed by atoms with Crippen LogP contribution < -0.4 is 5.32 Å². The van der Waals surface area contributed by atoms with Crippen LogP contribution in [-0.2, 0) is 17.9 Å². The minimum atomic E-state index is -0.146. The van der Waals surface area contributed by atoms with Gasteiger partial charge in [-0.05, 0) is 62.9 Å². The summed E-state index contributed by atoms with van der Waals surface area (Å²) >= 11 is 0. The molecule has 0 saturated carbocycles. The van der Waals surface area contributed by atoms with Gasteiger partial charge < -0.3 is 5.32 Å². The Labute approximate surface area is 245 Å². The highest BCUT2D eigenvalue weighted by Crippen LogP contribution is 2.42. The lowest BCUT2D eigenvalue weighted by atomic mass is 9.88. The highest BCUT2D eigenvalue weighted by atomic mass is 16.2. The summed E-state index contributed by atoms with van der Waals surface area (Å²) in [5.74, 6) is -0.251. The predicted molar refractivity (Wildman–Crippen MR) is 171 cm³/mol. The maximum Gasteiger partial charge on any atom is 0.238 e. The average molecular weight is 547 g/mol. The molecular formula is C38H30N2O2. The van der Waals surface area contributed by atoms with Crippen molar-refractivity contribution in [1.82, 2.24) is 4.90 Å². The molecule has 1 heterocycles. The summed E-state index contributed by atoms with van der Waals surface area (Å²) in [7, 11) is 0. The van der Waals surface area contributed by atoms with Crippen LogP contribution in [-0.4, -0.2) is 23.1 Å². The molecule has 0 radical (unpaired) electrons. The highest BCUT2D eigenvalue weighted by Gasteiger charge is 2.25. The van der Waals surface area contributed by atoms with Crippen LogP contribution in [0.25, 0.3) is 32.7 Å². The molecule has 4 heteroatoms. The zero-order valence-corrected chi connectivity index (χ0v) is 23.4. The molecule has 0 saturated heterocycles. The van der Waals surface area contributed by atoms with Crippen LogP contribution >= 0.6 is 0 Å². The number of nitrogens with one attached hydrogen (secondary N) is 1. The average Bonchev–Trinajstić information content (AvgIpc) is 3.18. The van der Waals surface area contributed by atoms with Gasteiger partial charge in [-0.3, -0.25) is 14.5 Å². The number of rotatable bonds is 5. The Morgan fingerprint density at radius 2 is 1.24 bits per heavy atom. The highest BCUT2D eigenvalue weighted by molar-refractivity contribution is 6.14. The lowest BCUT2D eigenvalue weighted by Gasteiger charge is -2.21. The van der Waals surface area contributed by atoms with Crippen molar-refractivity contribution in [2.75, 3.05) is 11.9 Å². The van der Waals surface area contributed by atoms with E-state index in [4.69, 9.17) is 0 Å². The molecule has 1 aliphatic rings. The van der Waals surface area contributed by atoms with Crippen molar-refractivity contribution >= 4 is 38.9 Å². The first-order chi connectivity index (χ1) is 20.5. The van der Waals surface area contributed by atoms with E-state index in [1.165, 1.54) is 43.8 Å². The molecule has 0 fully saturated rings. The summed E-state index contributed by atoms with van der Waals surface area (Å²) in [6.45, 7) is 3.43. The van der Waals surface area contributed by atoms with Gasteiger partial charge in [0, 0.05) is 24.2 Å². The van der Waals surface area contributed by atoms with E-state index in [0.29, 0.717) is 29.9 Å². The third kappa shape index (κ3) is 4.76.